The average molecular weight is 389 g/mol. The third-order valence-electron chi connectivity index (χ3n) is 2.83. The van der Waals surface area contributed by atoms with E-state index in [0.717, 1.165) is 11.6 Å². The quantitative estimate of drug-likeness (QED) is 0.639. The largest absolute Gasteiger partial charge is 0.329 e. The Morgan fingerprint density at radius 1 is 1.18 bits per heavy atom. The molecule has 0 atom stereocenters. The van der Waals surface area contributed by atoms with Crippen molar-refractivity contribution in [2.45, 2.75) is 11.8 Å². The van der Waals surface area contributed by atoms with E-state index in [1.54, 1.807) is 19.1 Å². The average Bonchev–Trinajstić information content (AvgIpc) is 2.43. The lowest BCUT2D eigenvalue weighted by Gasteiger charge is -2.10. The summed E-state index contributed by atoms with van der Waals surface area (Å²) in [5.74, 6) is -1.13. The van der Waals surface area contributed by atoms with Crippen LogP contribution in [0.2, 0.25) is 0 Å². The van der Waals surface area contributed by atoms with Crippen LogP contribution in [0.5, 0.6) is 0 Å². The summed E-state index contributed by atoms with van der Waals surface area (Å²) in [6, 6.07) is 7.96. The van der Waals surface area contributed by atoms with Gasteiger partial charge in [-0.15, -0.1) is 0 Å². The van der Waals surface area contributed by atoms with Crippen molar-refractivity contribution >= 4 is 37.3 Å². The van der Waals surface area contributed by atoms with Crippen LogP contribution in [0.4, 0.5) is 15.8 Å². The Balaban J connectivity index is 2.53. The summed E-state index contributed by atoms with van der Waals surface area (Å²) in [5.41, 5.74) is -0.535. The van der Waals surface area contributed by atoms with Crippen LogP contribution in [0, 0.1) is 22.9 Å². The highest BCUT2D eigenvalue weighted by molar-refractivity contribution is 9.10. The van der Waals surface area contributed by atoms with Gasteiger partial charge >= 0.3 is 5.69 Å². The van der Waals surface area contributed by atoms with E-state index in [0.29, 0.717) is 0 Å². The van der Waals surface area contributed by atoms with Gasteiger partial charge < -0.3 is 0 Å². The molecule has 0 heterocycles. The second kappa shape index (κ2) is 6.01. The number of benzene rings is 2. The monoisotopic (exact) mass is 388 g/mol. The number of nitro groups is 1. The van der Waals surface area contributed by atoms with E-state index >= 15 is 0 Å². The number of halogens is 2. The van der Waals surface area contributed by atoms with Crippen LogP contribution in [0.1, 0.15) is 5.56 Å². The molecule has 0 radical (unpaired) electrons. The fraction of sp³-hybridized carbons (Fsp3) is 0.0769. The topological polar surface area (TPSA) is 89.3 Å². The molecule has 22 heavy (non-hydrogen) atoms. The van der Waals surface area contributed by atoms with Crippen LogP contribution >= 0.6 is 15.9 Å². The normalized spacial score (nSPS) is 11.2. The lowest BCUT2D eigenvalue weighted by atomic mass is 10.2. The Morgan fingerprint density at radius 2 is 1.77 bits per heavy atom. The molecule has 0 unspecified atom stereocenters. The number of hydrogen-bond acceptors (Lipinski definition) is 4. The van der Waals surface area contributed by atoms with Gasteiger partial charge in [0, 0.05) is 4.47 Å². The number of nitrogens with zero attached hydrogens (tertiary/aromatic N) is 1. The molecule has 0 aliphatic carbocycles. The van der Waals surface area contributed by atoms with Gasteiger partial charge in [-0.05, 0) is 47.1 Å². The SMILES string of the molecule is Cc1ccc(S(=O)(=O)Nc2c(Br)ccc(F)c2[N+](=O)[O-])cc1. The molecule has 0 saturated carbocycles. The number of hydrogen-bond donors (Lipinski definition) is 1. The lowest BCUT2D eigenvalue weighted by Crippen LogP contribution is -2.15. The Hall–Kier alpha value is -2.00. The van der Waals surface area contributed by atoms with Crippen LogP contribution in [0.25, 0.3) is 0 Å². The molecule has 0 aliphatic rings. The summed E-state index contributed by atoms with van der Waals surface area (Å²) in [6.45, 7) is 1.79. The smallest absolute Gasteiger partial charge is 0.272 e. The molecule has 0 bridgehead atoms. The molecule has 2 rings (SSSR count). The molecule has 2 aromatic rings. The van der Waals surface area contributed by atoms with Crippen molar-refractivity contribution in [1.82, 2.24) is 0 Å². The zero-order valence-corrected chi connectivity index (χ0v) is 13.6. The number of nitro benzene ring substituents is 1. The third-order valence-corrected chi connectivity index (χ3v) is 4.85. The first kappa shape index (κ1) is 16.4. The third kappa shape index (κ3) is 3.25. The van der Waals surface area contributed by atoms with E-state index in [2.05, 4.69) is 20.7 Å². The van der Waals surface area contributed by atoms with Gasteiger partial charge in [-0.25, -0.2) is 8.42 Å². The van der Waals surface area contributed by atoms with Crippen molar-refractivity contribution in [1.29, 1.82) is 0 Å². The second-order valence-electron chi connectivity index (χ2n) is 4.43. The first-order valence-corrected chi connectivity index (χ1v) is 8.22. The van der Waals surface area contributed by atoms with Gasteiger partial charge in [-0.1, -0.05) is 17.7 Å². The van der Waals surface area contributed by atoms with Crippen molar-refractivity contribution < 1.29 is 17.7 Å². The number of sulfonamides is 1. The van der Waals surface area contributed by atoms with Crippen LogP contribution in [-0.4, -0.2) is 13.3 Å². The minimum Gasteiger partial charge on any atom is -0.272 e. The summed E-state index contributed by atoms with van der Waals surface area (Å²) >= 11 is 2.99. The molecule has 0 saturated heterocycles. The van der Waals surface area contributed by atoms with E-state index in [1.807, 2.05) is 0 Å². The summed E-state index contributed by atoms with van der Waals surface area (Å²) < 4.78 is 40.3. The molecular weight excluding hydrogens is 379 g/mol. The fourth-order valence-electron chi connectivity index (χ4n) is 1.73. The Morgan fingerprint density at radius 3 is 2.32 bits per heavy atom. The van der Waals surface area contributed by atoms with Crippen molar-refractivity contribution in [3.8, 4) is 0 Å². The second-order valence-corrected chi connectivity index (χ2v) is 6.97. The summed E-state index contributed by atoms with van der Waals surface area (Å²) in [4.78, 5) is 9.91. The van der Waals surface area contributed by atoms with Gasteiger partial charge in [0.25, 0.3) is 10.0 Å². The first-order chi connectivity index (χ1) is 10.2. The van der Waals surface area contributed by atoms with E-state index in [1.165, 1.54) is 18.2 Å². The van der Waals surface area contributed by atoms with Gasteiger partial charge in [0.2, 0.25) is 5.82 Å². The number of anilines is 1. The molecule has 0 amide bonds. The van der Waals surface area contributed by atoms with Gasteiger partial charge in [-0.3, -0.25) is 14.8 Å². The fourth-order valence-corrected chi connectivity index (χ4v) is 3.37. The Kier molecular flexibility index (Phi) is 4.47. The van der Waals surface area contributed by atoms with E-state index < -0.39 is 32.1 Å². The zero-order chi connectivity index (χ0) is 16.5. The molecule has 9 heteroatoms. The van der Waals surface area contributed by atoms with Gasteiger partial charge in [-0.2, -0.15) is 4.39 Å². The maximum atomic E-state index is 13.6. The number of aryl methyl sites for hydroxylation is 1. The molecular formula is C13H10BrFN2O4S. The maximum Gasteiger partial charge on any atom is 0.329 e. The van der Waals surface area contributed by atoms with Gasteiger partial charge in [0.1, 0.15) is 5.69 Å². The predicted octanol–water partition coefficient (Wildman–Crippen LogP) is 3.61. The molecule has 1 N–H and O–H groups in total. The molecule has 2 aromatic carbocycles. The summed E-state index contributed by atoms with van der Waals surface area (Å²) in [6.07, 6.45) is 0. The standard InChI is InChI=1S/C13H10BrFN2O4S/c1-8-2-4-9(5-3-8)22(20,21)16-12-10(14)6-7-11(15)13(12)17(18)19/h2-7,16H,1H3. The van der Waals surface area contributed by atoms with Crippen molar-refractivity contribution in [3.63, 3.8) is 0 Å². The molecule has 0 fully saturated rings. The van der Waals surface area contributed by atoms with Crippen molar-refractivity contribution in [2.75, 3.05) is 4.72 Å². The zero-order valence-electron chi connectivity index (χ0n) is 11.2. The van der Waals surface area contributed by atoms with Crippen molar-refractivity contribution in [3.05, 3.63) is 62.4 Å². The maximum absolute atomic E-state index is 13.6. The van der Waals surface area contributed by atoms with Crippen molar-refractivity contribution in [2.24, 2.45) is 0 Å². The lowest BCUT2D eigenvalue weighted by molar-refractivity contribution is -0.386. The molecule has 0 spiro atoms. The molecule has 6 nitrogen and oxygen atoms in total. The predicted molar refractivity (Wildman–Crippen MR) is 82.7 cm³/mol. The molecule has 0 aromatic heterocycles. The minimum atomic E-state index is -4.08. The Bertz CT molecular complexity index is 838. The van der Waals surface area contributed by atoms with Crippen LogP contribution in [-0.2, 0) is 10.0 Å². The Labute approximate surface area is 134 Å². The highest BCUT2D eigenvalue weighted by Gasteiger charge is 2.27. The molecule has 0 aliphatic heterocycles. The highest BCUT2D eigenvalue weighted by Crippen LogP contribution is 2.36. The summed E-state index contributed by atoms with van der Waals surface area (Å²) in [7, 11) is -4.08. The molecule has 116 valence electrons. The van der Waals surface area contributed by atoms with E-state index in [-0.39, 0.29) is 9.37 Å². The van der Waals surface area contributed by atoms with E-state index in [4.69, 9.17) is 0 Å². The van der Waals surface area contributed by atoms with Crippen LogP contribution in [0.15, 0.2) is 45.8 Å². The van der Waals surface area contributed by atoms with Crippen LogP contribution in [0.3, 0.4) is 0 Å². The number of nitrogens with one attached hydrogen (secondary N) is 1. The van der Waals surface area contributed by atoms with E-state index in [9.17, 15) is 22.9 Å². The highest BCUT2D eigenvalue weighted by atomic mass is 79.9. The van der Waals surface area contributed by atoms with Gasteiger partial charge in [0.15, 0.2) is 0 Å². The minimum absolute atomic E-state index is 0.0660. The first-order valence-electron chi connectivity index (χ1n) is 5.94. The van der Waals surface area contributed by atoms with Gasteiger partial charge in [0.05, 0.1) is 9.82 Å². The summed E-state index contributed by atoms with van der Waals surface area (Å²) in [5, 5.41) is 11.0. The van der Waals surface area contributed by atoms with Crippen LogP contribution < -0.4 is 4.72 Å². The number of rotatable bonds is 4.